The van der Waals surface area contributed by atoms with Crippen molar-refractivity contribution in [3.8, 4) is 0 Å². The van der Waals surface area contributed by atoms with Crippen LogP contribution in [0.2, 0.25) is 5.02 Å². The zero-order chi connectivity index (χ0) is 17.9. The van der Waals surface area contributed by atoms with E-state index in [2.05, 4.69) is 26.3 Å². The second-order valence-corrected chi connectivity index (χ2v) is 6.38. The fraction of sp³-hybridized carbons (Fsp3) is 0.333. The van der Waals surface area contributed by atoms with Crippen LogP contribution in [0.4, 0.5) is 13.2 Å². The number of hydrogen-bond donors (Lipinski definition) is 1. The average Bonchev–Trinajstić information content (AvgIpc) is 2.79. The van der Waals surface area contributed by atoms with Crippen LogP contribution in [0.5, 0.6) is 0 Å². The summed E-state index contributed by atoms with van der Waals surface area (Å²) in [5.41, 5.74) is -0.329. The Balaban J connectivity index is 1.90. The highest BCUT2D eigenvalue weighted by atomic mass is 79.9. The van der Waals surface area contributed by atoms with E-state index in [1.807, 2.05) is 0 Å². The van der Waals surface area contributed by atoms with Gasteiger partial charge in [0, 0.05) is 23.1 Å². The molecular formula is C15H14BrClF3N3O. The summed E-state index contributed by atoms with van der Waals surface area (Å²) in [5, 5.41) is 5.83. The van der Waals surface area contributed by atoms with E-state index in [0.29, 0.717) is 18.5 Å². The van der Waals surface area contributed by atoms with Crippen LogP contribution in [-0.4, -0.2) is 22.2 Å². The number of nitrogens with one attached hydrogen (secondary N) is 1. The third kappa shape index (κ3) is 4.51. The fourth-order valence-corrected chi connectivity index (χ4v) is 2.73. The topological polar surface area (TPSA) is 46.9 Å². The van der Waals surface area contributed by atoms with E-state index in [4.69, 9.17) is 11.6 Å². The molecule has 1 aromatic carbocycles. The van der Waals surface area contributed by atoms with Crippen LogP contribution >= 0.6 is 27.5 Å². The summed E-state index contributed by atoms with van der Waals surface area (Å²) in [5.74, 6) is -0.248. The summed E-state index contributed by atoms with van der Waals surface area (Å²) in [6.45, 7) is 2.01. The van der Waals surface area contributed by atoms with Crippen molar-refractivity contribution >= 4 is 33.4 Å². The number of hydrogen-bond acceptors (Lipinski definition) is 2. The van der Waals surface area contributed by atoms with Crippen LogP contribution in [0.25, 0.3) is 0 Å². The maximum atomic E-state index is 12.7. The average molecular weight is 425 g/mol. The quantitative estimate of drug-likeness (QED) is 0.721. The molecule has 0 aliphatic carbocycles. The van der Waals surface area contributed by atoms with Gasteiger partial charge in [-0.25, -0.2) is 0 Å². The zero-order valence-electron chi connectivity index (χ0n) is 12.6. The minimum Gasteiger partial charge on any atom is -0.352 e. The molecule has 0 radical (unpaired) electrons. The number of carbonyl (C=O) groups excluding carboxylic acids is 1. The molecule has 1 N–H and O–H groups in total. The molecule has 24 heavy (non-hydrogen) atoms. The summed E-state index contributed by atoms with van der Waals surface area (Å²) in [6.07, 6.45) is -4.15. The van der Waals surface area contributed by atoms with Gasteiger partial charge in [0.05, 0.1) is 10.7 Å². The minimum absolute atomic E-state index is 0.223. The molecule has 0 unspecified atom stereocenters. The summed E-state index contributed by atoms with van der Waals surface area (Å²) in [7, 11) is 0. The Morgan fingerprint density at radius 1 is 1.42 bits per heavy atom. The van der Waals surface area contributed by atoms with Crippen LogP contribution in [0.3, 0.4) is 0 Å². The number of nitrogens with zero attached hydrogens (tertiary/aromatic N) is 2. The first kappa shape index (κ1) is 18.8. The van der Waals surface area contributed by atoms with Crippen LogP contribution in [-0.2, 0) is 12.7 Å². The molecule has 2 rings (SSSR count). The maximum Gasteiger partial charge on any atom is 0.436 e. The van der Waals surface area contributed by atoms with E-state index in [9.17, 15) is 18.0 Å². The molecule has 0 spiro atoms. The number of carbonyl (C=O) groups is 1. The number of amides is 1. The van der Waals surface area contributed by atoms with E-state index >= 15 is 0 Å². The van der Waals surface area contributed by atoms with Crippen LogP contribution < -0.4 is 5.32 Å². The molecule has 0 aliphatic heterocycles. The first-order valence-electron chi connectivity index (χ1n) is 7.04. The van der Waals surface area contributed by atoms with Gasteiger partial charge in [-0.3, -0.25) is 9.48 Å². The molecule has 1 aromatic heterocycles. The minimum atomic E-state index is -4.58. The van der Waals surface area contributed by atoms with Crippen molar-refractivity contribution in [3.63, 3.8) is 0 Å². The van der Waals surface area contributed by atoms with E-state index in [1.165, 1.54) is 11.6 Å². The maximum absolute atomic E-state index is 12.7. The number of rotatable bonds is 5. The SMILES string of the molecule is Cc1c(Cl)c(C(F)(F)F)nn1CCCNC(=O)c1cccc(Br)c1. The van der Waals surface area contributed by atoms with Crippen LogP contribution in [0.15, 0.2) is 28.7 Å². The molecule has 0 atom stereocenters. The molecule has 1 amide bonds. The largest absolute Gasteiger partial charge is 0.436 e. The third-order valence-corrected chi connectivity index (χ3v) is 4.27. The molecule has 130 valence electrons. The van der Waals surface area contributed by atoms with Crippen molar-refractivity contribution in [3.05, 3.63) is 50.7 Å². The summed E-state index contributed by atoms with van der Waals surface area (Å²) >= 11 is 8.96. The highest BCUT2D eigenvalue weighted by Crippen LogP contribution is 2.35. The number of alkyl halides is 3. The standard InChI is InChI=1S/C15H14BrClF3N3O/c1-9-12(17)13(15(18,19)20)22-23(9)7-3-6-21-14(24)10-4-2-5-11(16)8-10/h2,4-5,8H,3,6-7H2,1H3,(H,21,24). The first-order valence-corrected chi connectivity index (χ1v) is 8.21. The van der Waals surface area contributed by atoms with Gasteiger partial charge in [0.25, 0.3) is 5.91 Å². The molecule has 0 bridgehead atoms. The molecule has 2 aromatic rings. The van der Waals surface area contributed by atoms with Gasteiger partial charge >= 0.3 is 6.18 Å². The molecule has 4 nitrogen and oxygen atoms in total. The Kier molecular flexibility index (Phi) is 5.92. The lowest BCUT2D eigenvalue weighted by atomic mass is 10.2. The third-order valence-electron chi connectivity index (χ3n) is 3.32. The summed E-state index contributed by atoms with van der Waals surface area (Å²) in [6, 6.07) is 6.90. The van der Waals surface area contributed by atoms with Gasteiger partial charge in [0.15, 0.2) is 5.69 Å². The lowest BCUT2D eigenvalue weighted by Gasteiger charge is -2.07. The predicted molar refractivity (Wildman–Crippen MR) is 88.1 cm³/mol. The Hall–Kier alpha value is -1.54. The van der Waals surface area contributed by atoms with Crippen molar-refractivity contribution in [2.24, 2.45) is 0 Å². The molecule has 0 fully saturated rings. The Morgan fingerprint density at radius 2 is 2.12 bits per heavy atom. The van der Waals surface area contributed by atoms with Crippen molar-refractivity contribution in [1.82, 2.24) is 15.1 Å². The lowest BCUT2D eigenvalue weighted by molar-refractivity contribution is -0.141. The Morgan fingerprint density at radius 3 is 2.71 bits per heavy atom. The number of aromatic nitrogens is 2. The van der Waals surface area contributed by atoms with E-state index in [0.717, 1.165) is 4.47 Å². The monoisotopic (exact) mass is 423 g/mol. The van der Waals surface area contributed by atoms with Gasteiger partial charge in [-0.05, 0) is 31.5 Å². The van der Waals surface area contributed by atoms with E-state index in [1.54, 1.807) is 24.3 Å². The normalized spacial score (nSPS) is 11.6. The number of halogens is 5. The lowest BCUT2D eigenvalue weighted by Crippen LogP contribution is -2.25. The van der Waals surface area contributed by atoms with Gasteiger partial charge in [-0.15, -0.1) is 0 Å². The molecular weight excluding hydrogens is 411 g/mol. The van der Waals surface area contributed by atoms with Crippen LogP contribution in [0, 0.1) is 6.92 Å². The number of benzene rings is 1. The first-order chi connectivity index (χ1) is 11.2. The fourth-order valence-electron chi connectivity index (χ4n) is 2.09. The zero-order valence-corrected chi connectivity index (χ0v) is 15.0. The van der Waals surface area contributed by atoms with Crippen LogP contribution in [0.1, 0.15) is 28.2 Å². The van der Waals surface area contributed by atoms with Gasteiger partial charge in [-0.2, -0.15) is 18.3 Å². The smallest absolute Gasteiger partial charge is 0.352 e. The highest BCUT2D eigenvalue weighted by molar-refractivity contribution is 9.10. The van der Waals surface area contributed by atoms with Crippen molar-refractivity contribution in [1.29, 1.82) is 0 Å². The molecule has 9 heteroatoms. The van der Waals surface area contributed by atoms with Gasteiger partial charge in [-0.1, -0.05) is 33.6 Å². The van der Waals surface area contributed by atoms with E-state index < -0.39 is 11.9 Å². The molecule has 0 saturated heterocycles. The predicted octanol–water partition coefficient (Wildman–Crippen LogP) is 4.45. The molecule has 0 saturated carbocycles. The Bertz CT molecular complexity index is 746. The van der Waals surface area contributed by atoms with Crippen molar-refractivity contribution in [2.45, 2.75) is 26.1 Å². The van der Waals surface area contributed by atoms with Crippen molar-refractivity contribution < 1.29 is 18.0 Å². The highest BCUT2D eigenvalue weighted by Gasteiger charge is 2.38. The van der Waals surface area contributed by atoms with Gasteiger partial charge in [0.1, 0.15) is 0 Å². The second kappa shape index (κ2) is 7.57. The Labute approximate surface area is 150 Å². The summed E-state index contributed by atoms with van der Waals surface area (Å²) in [4.78, 5) is 11.9. The van der Waals surface area contributed by atoms with Crippen molar-refractivity contribution in [2.75, 3.05) is 6.54 Å². The van der Waals surface area contributed by atoms with E-state index in [-0.39, 0.29) is 23.2 Å². The second-order valence-electron chi connectivity index (χ2n) is 5.09. The number of aryl methyl sites for hydroxylation is 1. The van der Waals surface area contributed by atoms with Gasteiger partial charge in [0.2, 0.25) is 0 Å². The molecule has 0 aliphatic rings. The van der Waals surface area contributed by atoms with Gasteiger partial charge < -0.3 is 5.32 Å². The summed E-state index contributed by atoms with van der Waals surface area (Å²) < 4.78 is 40.2. The molecule has 1 heterocycles.